The van der Waals surface area contributed by atoms with Gasteiger partial charge in [0, 0.05) is 30.6 Å². The highest BCUT2D eigenvalue weighted by atomic mass is 16.3. The van der Waals surface area contributed by atoms with Crippen LogP contribution in [-0.2, 0) is 5.41 Å². The average molecular weight is 379 g/mol. The second-order valence-electron chi connectivity index (χ2n) is 8.63. The molecule has 28 heavy (non-hydrogen) atoms. The molecule has 1 aliphatic carbocycles. The Morgan fingerprint density at radius 2 is 1.93 bits per heavy atom. The van der Waals surface area contributed by atoms with Gasteiger partial charge >= 0.3 is 0 Å². The van der Waals surface area contributed by atoms with E-state index in [1.54, 1.807) is 6.07 Å². The average Bonchev–Trinajstić information content (AvgIpc) is 2.73. The molecule has 4 nitrogen and oxygen atoms in total. The van der Waals surface area contributed by atoms with Crippen LogP contribution < -0.4 is 0 Å². The molecule has 0 radical (unpaired) electrons. The van der Waals surface area contributed by atoms with E-state index in [4.69, 9.17) is 0 Å². The molecule has 1 heterocycles. The van der Waals surface area contributed by atoms with Crippen LogP contribution in [0.1, 0.15) is 41.6 Å². The lowest BCUT2D eigenvalue weighted by Crippen LogP contribution is -2.55. The number of rotatable bonds is 3. The summed E-state index contributed by atoms with van der Waals surface area (Å²) in [6.07, 6.45) is 4.18. The fourth-order valence-corrected chi connectivity index (χ4v) is 5.38. The monoisotopic (exact) mass is 378 g/mol. The van der Waals surface area contributed by atoms with Crippen LogP contribution in [0, 0.1) is 5.92 Å². The SMILES string of the molecule is CN1CC[C@@]2(c3cccc(O)c3)C[C@@H](N(C)C(=O)c3ccccc3)CC[C@@H]2C1. The van der Waals surface area contributed by atoms with Crippen molar-refractivity contribution in [2.75, 3.05) is 27.2 Å². The van der Waals surface area contributed by atoms with Crippen LogP contribution in [0.5, 0.6) is 5.75 Å². The van der Waals surface area contributed by atoms with E-state index in [0.29, 0.717) is 11.7 Å². The first kappa shape index (κ1) is 19.0. The summed E-state index contributed by atoms with van der Waals surface area (Å²) in [5.74, 6) is 0.993. The number of fused-ring (bicyclic) bond motifs is 1. The normalized spacial score (nSPS) is 27.8. The van der Waals surface area contributed by atoms with Crippen molar-refractivity contribution in [2.24, 2.45) is 5.92 Å². The summed E-state index contributed by atoms with van der Waals surface area (Å²) in [7, 11) is 4.15. The fraction of sp³-hybridized carbons (Fsp3) is 0.458. The largest absolute Gasteiger partial charge is 0.508 e. The molecule has 2 aromatic rings. The Morgan fingerprint density at radius 1 is 1.14 bits per heavy atom. The number of hydrogen-bond acceptors (Lipinski definition) is 3. The standard InChI is InChI=1S/C24H30N2O2/c1-25-14-13-24(19-9-6-10-22(27)15-19)16-21(12-11-20(24)17-25)26(2)23(28)18-7-4-3-5-8-18/h3-10,15,20-21,27H,11-14,16-17H2,1-2H3/t20-,21+,24+/m1/s1. The Kier molecular flexibility index (Phi) is 5.15. The number of likely N-dealkylation sites (tertiary alicyclic amines) is 1. The second kappa shape index (κ2) is 7.59. The Hall–Kier alpha value is -2.33. The second-order valence-corrected chi connectivity index (χ2v) is 8.63. The van der Waals surface area contributed by atoms with E-state index in [1.807, 2.05) is 54.4 Å². The molecule has 2 aromatic carbocycles. The van der Waals surface area contributed by atoms with Crippen LogP contribution in [0.25, 0.3) is 0 Å². The minimum Gasteiger partial charge on any atom is -0.508 e. The van der Waals surface area contributed by atoms with Gasteiger partial charge in [0.25, 0.3) is 5.91 Å². The molecule has 0 aromatic heterocycles. The molecule has 1 amide bonds. The summed E-state index contributed by atoms with van der Waals surface area (Å²) >= 11 is 0. The summed E-state index contributed by atoms with van der Waals surface area (Å²) in [6, 6.07) is 17.6. The highest BCUT2D eigenvalue weighted by molar-refractivity contribution is 5.94. The van der Waals surface area contributed by atoms with Crippen molar-refractivity contribution in [1.82, 2.24) is 9.80 Å². The van der Waals surface area contributed by atoms with E-state index in [-0.39, 0.29) is 17.4 Å². The number of benzene rings is 2. The van der Waals surface area contributed by atoms with Crippen LogP contribution >= 0.6 is 0 Å². The van der Waals surface area contributed by atoms with Gasteiger partial charge in [0.2, 0.25) is 0 Å². The maximum atomic E-state index is 13.0. The number of aromatic hydroxyl groups is 1. The summed E-state index contributed by atoms with van der Waals surface area (Å²) in [5, 5.41) is 10.1. The van der Waals surface area contributed by atoms with E-state index in [2.05, 4.69) is 18.0 Å². The van der Waals surface area contributed by atoms with Crippen LogP contribution in [0.2, 0.25) is 0 Å². The molecule has 2 fully saturated rings. The topological polar surface area (TPSA) is 43.8 Å². The van der Waals surface area contributed by atoms with Gasteiger partial charge in [-0.05, 0) is 75.0 Å². The molecule has 1 saturated carbocycles. The summed E-state index contributed by atoms with van der Waals surface area (Å²) < 4.78 is 0. The lowest BCUT2D eigenvalue weighted by Gasteiger charge is -2.53. The van der Waals surface area contributed by atoms with E-state index in [9.17, 15) is 9.90 Å². The van der Waals surface area contributed by atoms with Crippen molar-refractivity contribution in [1.29, 1.82) is 0 Å². The van der Waals surface area contributed by atoms with Gasteiger partial charge < -0.3 is 14.9 Å². The zero-order valence-corrected chi connectivity index (χ0v) is 16.8. The van der Waals surface area contributed by atoms with Gasteiger partial charge in [-0.15, -0.1) is 0 Å². The minimum absolute atomic E-state index is 0.0272. The maximum Gasteiger partial charge on any atom is 0.253 e. The highest BCUT2D eigenvalue weighted by Gasteiger charge is 2.48. The lowest BCUT2D eigenvalue weighted by molar-refractivity contribution is 0.0259. The first-order valence-corrected chi connectivity index (χ1v) is 10.3. The van der Waals surface area contributed by atoms with Gasteiger partial charge in [-0.3, -0.25) is 4.79 Å². The van der Waals surface area contributed by atoms with E-state index in [0.717, 1.165) is 44.3 Å². The van der Waals surface area contributed by atoms with E-state index >= 15 is 0 Å². The Bertz CT molecular complexity index is 838. The summed E-state index contributed by atoms with van der Waals surface area (Å²) in [6.45, 7) is 2.13. The van der Waals surface area contributed by atoms with Crippen molar-refractivity contribution in [3.8, 4) is 5.75 Å². The van der Waals surface area contributed by atoms with Gasteiger partial charge in [0.15, 0.2) is 0 Å². The zero-order chi connectivity index (χ0) is 19.7. The molecule has 1 aliphatic heterocycles. The van der Waals surface area contributed by atoms with Crippen molar-refractivity contribution in [3.63, 3.8) is 0 Å². The van der Waals surface area contributed by atoms with Crippen molar-refractivity contribution < 1.29 is 9.90 Å². The number of phenols is 1. The number of carbonyl (C=O) groups excluding carboxylic acids is 1. The molecule has 1 saturated heterocycles. The molecule has 0 spiro atoms. The van der Waals surface area contributed by atoms with Crippen LogP contribution in [-0.4, -0.2) is 54.0 Å². The van der Waals surface area contributed by atoms with Crippen LogP contribution in [0.15, 0.2) is 54.6 Å². The predicted octanol–water partition coefficient (Wildman–Crippen LogP) is 3.91. The molecule has 1 N–H and O–H groups in total. The molecule has 2 aliphatic rings. The third-order valence-corrected chi connectivity index (χ3v) is 7.01. The highest BCUT2D eigenvalue weighted by Crippen LogP contribution is 2.50. The zero-order valence-electron chi connectivity index (χ0n) is 16.8. The van der Waals surface area contributed by atoms with E-state index < -0.39 is 0 Å². The quantitative estimate of drug-likeness (QED) is 0.881. The van der Waals surface area contributed by atoms with Gasteiger partial charge in [-0.1, -0.05) is 30.3 Å². The van der Waals surface area contributed by atoms with Gasteiger partial charge in [0.05, 0.1) is 0 Å². The predicted molar refractivity (Wildman–Crippen MR) is 112 cm³/mol. The number of hydrogen-bond donors (Lipinski definition) is 1. The smallest absolute Gasteiger partial charge is 0.253 e. The lowest BCUT2D eigenvalue weighted by atomic mass is 9.58. The number of nitrogens with zero attached hydrogens (tertiary/aromatic N) is 2. The Morgan fingerprint density at radius 3 is 2.68 bits per heavy atom. The fourth-order valence-electron chi connectivity index (χ4n) is 5.38. The molecular formula is C24H30N2O2. The Balaban J connectivity index is 1.64. The number of phenolic OH excluding ortho intramolecular Hbond substituents is 1. The first-order chi connectivity index (χ1) is 13.5. The molecule has 4 heteroatoms. The number of piperidine rings is 1. The third-order valence-electron chi connectivity index (χ3n) is 7.01. The van der Waals surface area contributed by atoms with E-state index in [1.165, 1.54) is 5.56 Å². The Labute approximate surface area is 167 Å². The van der Waals surface area contributed by atoms with Crippen LogP contribution in [0.4, 0.5) is 0 Å². The van der Waals surface area contributed by atoms with Crippen molar-refractivity contribution in [2.45, 2.75) is 37.1 Å². The molecule has 4 rings (SSSR count). The summed E-state index contributed by atoms with van der Waals surface area (Å²) in [5.41, 5.74) is 2.01. The van der Waals surface area contributed by atoms with Crippen LogP contribution in [0.3, 0.4) is 0 Å². The molecule has 3 atom stereocenters. The van der Waals surface area contributed by atoms with Gasteiger partial charge in [0.1, 0.15) is 5.75 Å². The number of amides is 1. The molecule has 0 unspecified atom stereocenters. The van der Waals surface area contributed by atoms with Gasteiger partial charge in [-0.25, -0.2) is 0 Å². The number of carbonyl (C=O) groups is 1. The molecular weight excluding hydrogens is 348 g/mol. The van der Waals surface area contributed by atoms with Crippen molar-refractivity contribution in [3.05, 3.63) is 65.7 Å². The maximum absolute atomic E-state index is 13.0. The van der Waals surface area contributed by atoms with Gasteiger partial charge in [-0.2, -0.15) is 0 Å². The third kappa shape index (κ3) is 3.42. The summed E-state index contributed by atoms with van der Waals surface area (Å²) in [4.78, 5) is 17.4. The van der Waals surface area contributed by atoms with Crippen molar-refractivity contribution >= 4 is 5.91 Å². The first-order valence-electron chi connectivity index (χ1n) is 10.3. The minimum atomic E-state index is 0.0272. The molecule has 148 valence electrons. The molecule has 0 bridgehead atoms.